The van der Waals surface area contributed by atoms with Crippen LogP contribution in [0.5, 0.6) is 0 Å². The van der Waals surface area contributed by atoms with Crippen LogP contribution in [0, 0.1) is 5.92 Å². The van der Waals surface area contributed by atoms with Gasteiger partial charge in [0.05, 0.1) is 0 Å². The minimum absolute atomic E-state index is 0.0793. The van der Waals surface area contributed by atoms with Gasteiger partial charge < -0.3 is 9.80 Å². The number of carbonyl (C=O) groups excluding carboxylic acids is 1. The molecule has 20 heavy (non-hydrogen) atoms. The molecule has 1 fully saturated rings. The molecule has 2 rings (SSSR count). The molecule has 0 unspecified atom stereocenters. The van der Waals surface area contributed by atoms with Crippen LogP contribution in [0.2, 0.25) is 0 Å². The van der Waals surface area contributed by atoms with Gasteiger partial charge in [0.1, 0.15) is 5.82 Å². The second kappa shape index (κ2) is 6.52. The summed E-state index contributed by atoms with van der Waals surface area (Å²) in [6, 6.07) is 0. The van der Waals surface area contributed by atoms with E-state index in [1.54, 1.807) is 0 Å². The number of amides is 1. The Hall–Kier alpha value is -1.17. The predicted molar refractivity (Wildman–Crippen MR) is 82.2 cm³/mol. The molecule has 1 amide bonds. The second-order valence-corrected chi connectivity index (χ2v) is 6.64. The number of rotatable bonds is 3. The maximum Gasteiger partial charge on any atom is 0.225 e. The first-order chi connectivity index (χ1) is 9.49. The molecule has 0 aromatic carbocycles. The van der Waals surface area contributed by atoms with Crippen molar-refractivity contribution < 1.29 is 4.79 Å². The normalized spacial score (nSPS) is 16.9. The molecule has 0 bridgehead atoms. The maximum atomic E-state index is 12.1. The van der Waals surface area contributed by atoms with E-state index in [4.69, 9.17) is 0 Å². The highest BCUT2D eigenvalue weighted by Gasteiger charge is 2.22. The van der Waals surface area contributed by atoms with E-state index in [-0.39, 0.29) is 11.8 Å². The number of anilines is 1. The van der Waals surface area contributed by atoms with E-state index in [0.29, 0.717) is 5.92 Å². The number of hydrogen-bond donors (Lipinski definition) is 0. The van der Waals surface area contributed by atoms with Crippen molar-refractivity contribution in [3.63, 3.8) is 0 Å². The van der Waals surface area contributed by atoms with Crippen molar-refractivity contribution in [1.82, 2.24) is 14.3 Å². The molecule has 112 valence electrons. The van der Waals surface area contributed by atoms with Gasteiger partial charge in [0.25, 0.3) is 0 Å². The van der Waals surface area contributed by atoms with E-state index in [1.807, 2.05) is 18.7 Å². The smallest absolute Gasteiger partial charge is 0.225 e. The van der Waals surface area contributed by atoms with E-state index in [1.165, 1.54) is 11.5 Å². The molecular formula is C14H24N4OS. The van der Waals surface area contributed by atoms with Crippen LogP contribution in [0.3, 0.4) is 0 Å². The van der Waals surface area contributed by atoms with Crippen molar-refractivity contribution in [2.24, 2.45) is 5.92 Å². The summed E-state index contributed by atoms with van der Waals surface area (Å²) >= 11 is 1.47. The van der Waals surface area contributed by atoms with E-state index >= 15 is 0 Å². The van der Waals surface area contributed by atoms with Crippen LogP contribution in [0.1, 0.15) is 45.9 Å². The first-order valence-corrected chi connectivity index (χ1v) is 8.13. The van der Waals surface area contributed by atoms with Gasteiger partial charge in [-0.25, -0.2) is 4.98 Å². The Morgan fingerprint density at radius 2 is 1.90 bits per heavy atom. The minimum Gasteiger partial charge on any atom is -0.345 e. The van der Waals surface area contributed by atoms with Crippen molar-refractivity contribution in [1.29, 1.82) is 0 Å². The molecular weight excluding hydrogens is 272 g/mol. The molecule has 1 aliphatic heterocycles. The van der Waals surface area contributed by atoms with Crippen LogP contribution in [0.25, 0.3) is 0 Å². The first kappa shape index (κ1) is 15.2. The molecule has 2 heterocycles. The number of aromatic nitrogens is 2. The summed E-state index contributed by atoms with van der Waals surface area (Å²) in [5, 5.41) is 0.993. The molecule has 1 aromatic heterocycles. The first-order valence-electron chi connectivity index (χ1n) is 7.36. The van der Waals surface area contributed by atoms with Gasteiger partial charge in [-0.2, -0.15) is 4.37 Å². The Bertz CT molecular complexity index is 458. The van der Waals surface area contributed by atoms with Crippen LogP contribution >= 0.6 is 11.5 Å². The van der Waals surface area contributed by atoms with Crippen LogP contribution in [0.15, 0.2) is 0 Å². The van der Waals surface area contributed by atoms with Crippen molar-refractivity contribution >= 4 is 22.6 Å². The van der Waals surface area contributed by atoms with Gasteiger partial charge in [-0.3, -0.25) is 4.79 Å². The number of carbonyl (C=O) groups is 1. The van der Waals surface area contributed by atoms with Crippen molar-refractivity contribution in [3.8, 4) is 0 Å². The van der Waals surface area contributed by atoms with Crippen LogP contribution in [0.4, 0.5) is 5.13 Å². The largest absolute Gasteiger partial charge is 0.345 e. The van der Waals surface area contributed by atoms with Crippen molar-refractivity contribution in [2.45, 2.75) is 40.0 Å². The zero-order valence-electron chi connectivity index (χ0n) is 12.8. The topological polar surface area (TPSA) is 49.3 Å². The van der Waals surface area contributed by atoms with E-state index in [9.17, 15) is 4.79 Å². The number of nitrogens with zero attached hydrogens (tertiary/aromatic N) is 4. The molecule has 0 atom stereocenters. The van der Waals surface area contributed by atoms with Crippen molar-refractivity contribution in [2.75, 3.05) is 31.1 Å². The molecule has 0 spiro atoms. The Kier molecular flexibility index (Phi) is 4.96. The van der Waals surface area contributed by atoms with Gasteiger partial charge in [-0.15, -0.1) is 0 Å². The average Bonchev–Trinajstić information content (AvgIpc) is 2.77. The summed E-state index contributed by atoms with van der Waals surface area (Å²) in [6.07, 6.45) is 0.995. The molecule has 0 aliphatic carbocycles. The summed E-state index contributed by atoms with van der Waals surface area (Å²) in [5.74, 6) is 1.62. The lowest BCUT2D eigenvalue weighted by atomic mass is 10.2. The van der Waals surface area contributed by atoms with Gasteiger partial charge in [0.15, 0.2) is 0 Å². The van der Waals surface area contributed by atoms with E-state index < -0.39 is 0 Å². The molecule has 1 saturated heterocycles. The monoisotopic (exact) mass is 296 g/mol. The lowest BCUT2D eigenvalue weighted by molar-refractivity contribution is -0.134. The Morgan fingerprint density at radius 3 is 2.50 bits per heavy atom. The summed E-state index contributed by atoms with van der Waals surface area (Å²) < 4.78 is 4.41. The lowest BCUT2D eigenvalue weighted by Gasteiger charge is -2.23. The fraction of sp³-hybridized carbons (Fsp3) is 0.786. The quantitative estimate of drug-likeness (QED) is 0.859. The van der Waals surface area contributed by atoms with E-state index in [0.717, 1.165) is 43.6 Å². The van der Waals surface area contributed by atoms with Gasteiger partial charge in [0.2, 0.25) is 11.0 Å². The lowest BCUT2D eigenvalue weighted by Crippen LogP contribution is -2.37. The van der Waals surface area contributed by atoms with Gasteiger partial charge in [-0.05, 0) is 6.42 Å². The van der Waals surface area contributed by atoms with Gasteiger partial charge in [-0.1, -0.05) is 27.7 Å². The van der Waals surface area contributed by atoms with Crippen LogP contribution in [-0.4, -0.2) is 46.3 Å². The Morgan fingerprint density at radius 1 is 1.15 bits per heavy atom. The van der Waals surface area contributed by atoms with Crippen LogP contribution < -0.4 is 4.90 Å². The summed E-state index contributed by atoms with van der Waals surface area (Å²) in [7, 11) is 0. The predicted octanol–water partition coefficient (Wildman–Crippen LogP) is 2.36. The zero-order chi connectivity index (χ0) is 14.7. The fourth-order valence-corrected chi connectivity index (χ4v) is 3.14. The Balaban J connectivity index is 2.00. The van der Waals surface area contributed by atoms with Crippen molar-refractivity contribution in [3.05, 3.63) is 5.82 Å². The summed E-state index contributed by atoms with van der Waals surface area (Å²) in [4.78, 5) is 20.9. The third-order valence-electron chi connectivity index (χ3n) is 3.52. The SMILES string of the molecule is CC(C)C(=O)N1CCCN(c2nc(C(C)C)ns2)CC1. The van der Waals surface area contributed by atoms with Gasteiger partial charge >= 0.3 is 0 Å². The molecule has 6 heteroatoms. The molecule has 0 N–H and O–H groups in total. The summed E-state index contributed by atoms with van der Waals surface area (Å²) in [6.45, 7) is 11.6. The Labute approximate surface area is 125 Å². The number of hydrogen-bond acceptors (Lipinski definition) is 5. The molecule has 5 nitrogen and oxygen atoms in total. The minimum atomic E-state index is 0.0793. The highest BCUT2D eigenvalue weighted by molar-refractivity contribution is 7.09. The highest BCUT2D eigenvalue weighted by atomic mass is 32.1. The third kappa shape index (κ3) is 3.48. The fourth-order valence-electron chi connectivity index (χ4n) is 2.28. The van der Waals surface area contributed by atoms with E-state index in [2.05, 4.69) is 28.1 Å². The second-order valence-electron chi connectivity index (χ2n) is 5.91. The highest BCUT2D eigenvalue weighted by Crippen LogP contribution is 2.22. The molecule has 1 aromatic rings. The average molecular weight is 296 g/mol. The van der Waals surface area contributed by atoms with Crippen LogP contribution in [-0.2, 0) is 4.79 Å². The molecule has 0 saturated carbocycles. The summed E-state index contributed by atoms with van der Waals surface area (Å²) in [5.41, 5.74) is 0. The molecule has 0 radical (unpaired) electrons. The maximum absolute atomic E-state index is 12.1. The molecule has 1 aliphatic rings. The standard InChI is InChI=1S/C14H24N4OS/c1-10(2)12-15-14(20-16-12)18-7-5-6-17(8-9-18)13(19)11(3)4/h10-11H,5-9H2,1-4H3. The zero-order valence-corrected chi connectivity index (χ0v) is 13.6. The third-order valence-corrected chi connectivity index (χ3v) is 4.31. The van der Waals surface area contributed by atoms with Gasteiger partial charge in [0, 0.05) is 49.5 Å².